The van der Waals surface area contributed by atoms with Gasteiger partial charge in [0.25, 0.3) is 0 Å². The van der Waals surface area contributed by atoms with E-state index in [1.807, 2.05) is 20.8 Å². The lowest BCUT2D eigenvalue weighted by molar-refractivity contribution is 0.0527. The maximum Gasteiger partial charge on any atom is 0.407 e. The molecule has 28 heavy (non-hydrogen) atoms. The molecule has 9 heteroatoms. The van der Waals surface area contributed by atoms with Crippen molar-refractivity contribution in [3.05, 3.63) is 16.1 Å². The Morgan fingerprint density at radius 2 is 1.71 bits per heavy atom. The summed E-state index contributed by atoms with van der Waals surface area (Å²) in [5, 5.41) is 12.5. The van der Waals surface area contributed by atoms with E-state index >= 15 is 0 Å². The molecule has 0 saturated carbocycles. The van der Waals surface area contributed by atoms with Crippen molar-refractivity contribution in [3.8, 4) is 0 Å². The first kappa shape index (κ1) is 26.9. The van der Waals surface area contributed by atoms with Gasteiger partial charge in [-0.3, -0.25) is 4.99 Å². The third-order valence-corrected chi connectivity index (χ3v) is 4.40. The molecule has 1 aromatic heterocycles. The van der Waals surface area contributed by atoms with Crippen molar-refractivity contribution in [2.45, 2.75) is 65.4 Å². The van der Waals surface area contributed by atoms with Crippen molar-refractivity contribution >= 4 is 47.4 Å². The van der Waals surface area contributed by atoms with Crippen LogP contribution in [0.5, 0.6) is 0 Å². The number of hydrogen-bond acceptors (Lipinski definition) is 5. The summed E-state index contributed by atoms with van der Waals surface area (Å²) in [6.07, 6.45) is 1.26. The highest BCUT2D eigenvalue weighted by atomic mass is 127. The van der Waals surface area contributed by atoms with Crippen LogP contribution in [0.1, 0.15) is 58.7 Å². The zero-order chi connectivity index (χ0) is 20.5. The Morgan fingerprint density at radius 1 is 1.11 bits per heavy atom. The fourth-order valence-electron chi connectivity index (χ4n) is 2.08. The Hall–Kier alpha value is -1.10. The molecule has 0 bridgehead atoms. The van der Waals surface area contributed by atoms with Gasteiger partial charge in [-0.05, 0) is 27.2 Å². The van der Waals surface area contributed by atoms with Gasteiger partial charge in [0.15, 0.2) is 5.96 Å². The zero-order valence-electron chi connectivity index (χ0n) is 18.1. The second kappa shape index (κ2) is 12.5. The SMILES string of the molecule is CN=C(NCCCNC(=O)OC(C)(C)C)NCCc1nc(C(C)(C)C)cs1.I. The molecule has 0 aliphatic heterocycles. The van der Waals surface area contributed by atoms with Crippen molar-refractivity contribution in [1.29, 1.82) is 0 Å². The van der Waals surface area contributed by atoms with Gasteiger partial charge in [-0.15, -0.1) is 35.3 Å². The van der Waals surface area contributed by atoms with Crippen LogP contribution in [-0.4, -0.2) is 49.3 Å². The van der Waals surface area contributed by atoms with E-state index in [1.165, 1.54) is 0 Å². The highest BCUT2D eigenvalue weighted by Crippen LogP contribution is 2.23. The molecular weight excluding hydrogens is 489 g/mol. The van der Waals surface area contributed by atoms with Crippen LogP contribution in [0.2, 0.25) is 0 Å². The lowest BCUT2D eigenvalue weighted by Crippen LogP contribution is -2.40. The van der Waals surface area contributed by atoms with Crippen molar-refractivity contribution in [2.75, 3.05) is 26.7 Å². The lowest BCUT2D eigenvalue weighted by Gasteiger charge is -2.19. The minimum absolute atomic E-state index is 0. The Kier molecular flexibility index (Phi) is 12.0. The number of amides is 1. The number of carbonyl (C=O) groups excluding carboxylic acids is 1. The van der Waals surface area contributed by atoms with Crippen LogP contribution < -0.4 is 16.0 Å². The molecular formula is C19H36IN5O2S. The van der Waals surface area contributed by atoms with Crippen LogP contribution in [0.15, 0.2) is 10.4 Å². The summed E-state index contributed by atoms with van der Waals surface area (Å²) in [6, 6.07) is 0. The monoisotopic (exact) mass is 525 g/mol. The average Bonchev–Trinajstić information content (AvgIpc) is 3.00. The van der Waals surface area contributed by atoms with E-state index < -0.39 is 5.60 Å². The zero-order valence-corrected chi connectivity index (χ0v) is 21.3. The maximum atomic E-state index is 11.6. The number of nitrogens with zero attached hydrogens (tertiary/aromatic N) is 2. The van der Waals surface area contributed by atoms with Gasteiger partial charge in [0.1, 0.15) is 5.60 Å². The summed E-state index contributed by atoms with van der Waals surface area (Å²) in [5.41, 5.74) is 0.759. The molecule has 0 fully saturated rings. The van der Waals surface area contributed by atoms with Crippen molar-refractivity contribution in [1.82, 2.24) is 20.9 Å². The molecule has 7 nitrogen and oxygen atoms in total. The lowest BCUT2D eigenvalue weighted by atomic mass is 9.93. The number of nitrogens with one attached hydrogen (secondary N) is 3. The predicted octanol–water partition coefficient (Wildman–Crippen LogP) is 3.68. The molecule has 0 radical (unpaired) electrons. The van der Waals surface area contributed by atoms with Gasteiger partial charge in [-0.25, -0.2) is 9.78 Å². The van der Waals surface area contributed by atoms with Gasteiger partial charge >= 0.3 is 6.09 Å². The Bertz CT molecular complexity index is 621. The van der Waals surface area contributed by atoms with E-state index in [1.54, 1.807) is 18.4 Å². The topological polar surface area (TPSA) is 87.6 Å². The van der Waals surface area contributed by atoms with Crippen LogP contribution in [0.3, 0.4) is 0 Å². The fourth-order valence-corrected chi connectivity index (χ4v) is 3.10. The summed E-state index contributed by atoms with van der Waals surface area (Å²) < 4.78 is 5.19. The minimum Gasteiger partial charge on any atom is -0.444 e. The maximum absolute atomic E-state index is 11.6. The van der Waals surface area contributed by atoms with Gasteiger partial charge in [0, 0.05) is 43.9 Å². The van der Waals surface area contributed by atoms with Gasteiger partial charge in [-0.1, -0.05) is 20.8 Å². The summed E-state index contributed by atoms with van der Waals surface area (Å²) in [5.74, 6) is 0.750. The standard InChI is InChI=1S/C19H35N5O2S.HI/c1-18(2,3)14-13-27-15(24-14)9-12-22-16(20-7)21-10-8-11-23-17(25)26-19(4,5)6;/h13H,8-12H2,1-7H3,(H,23,25)(H2,20,21,22);1H. The highest BCUT2D eigenvalue weighted by molar-refractivity contribution is 14.0. The molecule has 0 aliphatic carbocycles. The van der Waals surface area contributed by atoms with Crippen LogP contribution in [-0.2, 0) is 16.6 Å². The smallest absolute Gasteiger partial charge is 0.407 e. The van der Waals surface area contributed by atoms with Gasteiger partial charge in [-0.2, -0.15) is 0 Å². The van der Waals surface area contributed by atoms with E-state index in [4.69, 9.17) is 9.72 Å². The fraction of sp³-hybridized carbons (Fsp3) is 0.737. The summed E-state index contributed by atoms with van der Waals surface area (Å²) in [4.78, 5) is 20.5. The third-order valence-electron chi connectivity index (χ3n) is 3.49. The first-order chi connectivity index (χ1) is 12.5. The third kappa shape index (κ3) is 11.7. The van der Waals surface area contributed by atoms with Gasteiger partial charge in [0.05, 0.1) is 10.7 Å². The van der Waals surface area contributed by atoms with Crippen LogP contribution in [0.25, 0.3) is 0 Å². The molecule has 0 aromatic carbocycles. The van der Waals surface area contributed by atoms with Crippen LogP contribution in [0.4, 0.5) is 4.79 Å². The van der Waals surface area contributed by atoms with Crippen molar-refractivity contribution in [2.24, 2.45) is 4.99 Å². The van der Waals surface area contributed by atoms with Gasteiger partial charge in [0.2, 0.25) is 0 Å². The Morgan fingerprint density at radius 3 is 2.25 bits per heavy atom. The quantitative estimate of drug-likeness (QED) is 0.219. The molecule has 3 N–H and O–H groups in total. The molecule has 1 amide bonds. The number of aromatic nitrogens is 1. The summed E-state index contributed by atoms with van der Waals surface area (Å²) in [6.45, 7) is 14.1. The average molecular weight is 526 g/mol. The molecule has 1 heterocycles. The van der Waals surface area contributed by atoms with E-state index in [0.29, 0.717) is 13.1 Å². The number of carbonyl (C=O) groups is 1. The first-order valence-corrected chi connectivity index (χ1v) is 10.3. The molecule has 0 spiro atoms. The Labute approximate surface area is 190 Å². The van der Waals surface area contributed by atoms with E-state index in [0.717, 1.165) is 36.0 Å². The number of aliphatic imine (C=N–C) groups is 1. The summed E-state index contributed by atoms with van der Waals surface area (Å²) in [7, 11) is 1.75. The molecule has 1 rings (SSSR count). The molecule has 0 atom stereocenters. The molecule has 162 valence electrons. The molecule has 0 unspecified atom stereocenters. The number of hydrogen-bond donors (Lipinski definition) is 3. The normalized spacial score (nSPS) is 12.2. The highest BCUT2D eigenvalue weighted by Gasteiger charge is 2.17. The number of thiazole rings is 1. The largest absolute Gasteiger partial charge is 0.444 e. The first-order valence-electron chi connectivity index (χ1n) is 9.37. The number of halogens is 1. The van der Waals surface area contributed by atoms with Crippen LogP contribution >= 0.6 is 35.3 Å². The molecule has 1 aromatic rings. The van der Waals surface area contributed by atoms with Crippen molar-refractivity contribution in [3.63, 3.8) is 0 Å². The minimum atomic E-state index is -0.473. The van der Waals surface area contributed by atoms with Gasteiger partial charge < -0.3 is 20.7 Å². The van der Waals surface area contributed by atoms with E-state index in [-0.39, 0.29) is 35.5 Å². The second-order valence-corrected chi connectivity index (χ2v) is 9.28. The van der Waals surface area contributed by atoms with E-state index in [2.05, 4.69) is 47.1 Å². The summed E-state index contributed by atoms with van der Waals surface area (Å²) >= 11 is 1.70. The van der Waals surface area contributed by atoms with Crippen LogP contribution in [0, 0.1) is 0 Å². The Balaban J connectivity index is 0.00000729. The van der Waals surface area contributed by atoms with E-state index in [9.17, 15) is 4.79 Å². The van der Waals surface area contributed by atoms with Crippen molar-refractivity contribution < 1.29 is 9.53 Å². The number of alkyl carbamates (subject to hydrolysis) is 1. The number of guanidine groups is 1. The second-order valence-electron chi connectivity index (χ2n) is 8.33. The number of rotatable bonds is 7. The molecule has 0 aliphatic rings. The molecule has 0 saturated heterocycles. The number of ether oxygens (including phenoxy) is 1. The predicted molar refractivity (Wildman–Crippen MR) is 128 cm³/mol.